The fourth-order valence-electron chi connectivity index (χ4n) is 2.05. The number of carboxylic acid groups (broad SMARTS) is 1. The Bertz CT molecular complexity index is 434. The van der Waals surface area contributed by atoms with Gasteiger partial charge in [-0.05, 0) is 29.0 Å². The zero-order chi connectivity index (χ0) is 13.3. The summed E-state index contributed by atoms with van der Waals surface area (Å²) >= 11 is 10.9. The molecule has 0 radical (unpaired) electrons. The summed E-state index contributed by atoms with van der Waals surface area (Å²) in [4.78, 5) is 14.2. The number of likely N-dealkylation sites (N-methyl/N-ethyl adjacent to an activating group) is 1. The van der Waals surface area contributed by atoms with Crippen molar-refractivity contribution in [2.45, 2.75) is 12.6 Å². The molecule has 1 fully saturated rings. The van der Waals surface area contributed by atoms with Gasteiger partial charge in [0.05, 0.1) is 19.1 Å². The summed E-state index contributed by atoms with van der Waals surface area (Å²) in [5, 5.41) is 9.11. The van der Waals surface area contributed by atoms with E-state index in [1.807, 2.05) is 18.0 Å². The molecule has 4 nitrogen and oxygen atoms in total. The van der Waals surface area contributed by atoms with Crippen LogP contribution < -0.4 is 0 Å². The molecule has 1 aromatic heterocycles. The first-order valence-electron chi connectivity index (χ1n) is 5.43. The first-order valence-corrected chi connectivity index (χ1v) is 7.42. The van der Waals surface area contributed by atoms with Crippen LogP contribution in [0.1, 0.15) is 4.88 Å². The fourth-order valence-corrected chi connectivity index (χ4v) is 3.90. The molecule has 1 saturated heterocycles. The Labute approximate surface area is 123 Å². The van der Waals surface area contributed by atoms with Gasteiger partial charge in [0.25, 0.3) is 0 Å². The Morgan fingerprint density at radius 1 is 1.72 bits per heavy atom. The van der Waals surface area contributed by atoms with Crippen LogP contribution in [0.3, 0.4) is 0 Å². The topological polar surface area (TPSA) is 49.8 Å². The molecule has 2 heterocycles. The lowest BCUT2D eigenvalue weighted by Crippen LogP contribution is -2.40. The number of halogens is 2. The lowest BCUT2D eigenvalue weighted by atomic mass is 10.0. The van der Waals surface area contributed by atoms with E-state index in [1.165, 1.54) is 11.3 Å². The van der Waals surface area contributed by atoms with Gasteiger partial charge in [0.15, 0.2) is 0 Å². The molecule has 2 rings (SSSR count). The molecular formula is C11H13BrClNO3S. The van der Waals surface area contributed by atoms with Gasteiger partial charge in [0.1, 0.15) is 4.34 Å². The van der Waals surface area contributed by atoms with Crippen molar-refractivity contribution >= 4 is 44.8 Å². The summed E-state index contributed by atoms with van der Waals surface area (Å²) in [7, 11) is 1.91. The second kappa shape index (κ2) is 5.88. The van der Waals surface area contributed by atoms with Gasteiger partial charge in [-0.1, -0.05) is 11.6 Å². The van der Waals surface area contributed by atoms with E-state index in [4.69, 9.17) is 21.4 Å². The van der Waals surface area contributed by atoms with Crippen molar-refractivity contribution in [2.24, 2.45) is 5.92 Å². The van der Waals surface area contributed by atoms with E-state index in [1.54, 1.807) is 0 Å². The second-order valence-electron chi connectivity index (χ2n) is 4.30. The Hall–Kier alpha value is -0.140. The van der Waals surface area contributed by atoms with Gasteiger partial charge < -0.3 is 9.84 Å². The summed E-state index contributed by atoms with van der Waals surface area (Å²) in [6, 6.07) is 1.89. The highest BCUT2D eigenvalue weighted by Crippen LogP contribution is 2.33. The molecule has 0 saturated carbocycles. The molecule has 2 unspecified atom stereocenters. The monoisotopic (exact) mass is 353 g/mol. The van der Waals surface area contributed by atoms with Crippen LogP contribution in [-0.2, 0) is 16.1 Å². The number of aliphatic carboxylic acids is 1. The molecule has 1 aliphatic heterocycles. The third-order valence-electron chi connectivity index (χ3n) is 3.04. The Balaban J connectivity index is 2.03. The van der Waals surface area contributed by atoms with Crippen LogP contribution in [0.15, 0.2) is 10.5 Å². The number of hydrogen-bond acceptors (Lipinski definition) is 4. The van der Waals surface area contributed by atoms with Crippen LogP contribution in [0.4, 0.5) is 0 Å². The van der Waals surface area contributed by atoms with Crippen LogP contribution in [0, 0.1) is 5.92 Å². The average molecular weight is 355 g/mol. The molecule has 0 spiro atoms. The average Bonchev–Trinajstić information content (AvgIpc) is 2.86. The normalized spacial score (nSPS) is 23.8. The number of rotatable bonds is 4. The maximum atomic E-state index is 11.1. The van der Waals surface area contributed by atoms with E-state index in [0.717, 1.165) is 13.7 Å². The molecular weight excluding hydrogens is 342 g/mol. The molecule has 1 N–H and O–H groups in total. The zero-order valence-corrected chi connectivity index (χ0v) is 12.9. The minimum atomic E-state index is -0.797. The summed E-state index contributed by atoms with van der Waals surface area (Å²) < 4.78 is 6.87. The van der Waals surface area contributed by atoms with Crippen LogP contribution in [0.25, 0.3) is 0 Å². The summed E-state index contributed by atoms with van der Waals surface area (Å²) in [5.41, 5.74) is 0. The molecule has 100 valence electrons. The molecule has 18 heavy (non-hydrogen) atoms. The summed E-state index contributed by atoms with van der Waals surface area (Å²) in [6.45, 7) is 1.43. The predicted molar refractivity (Wildman–Crippen MR) is 74.2 cm³/mol. The Morgan fingerprint density at radius 3 is 3.00 bits per heavy atom. The third kappa shape index (κ3) is 3.05. The number of carboxylic acids is 1. The smallest absolute Gasteiger partial charge is 0.310 e. The highest BCUT2D eigenvalue weighted by Gasteiger charge is 2.36. The SMILES string of the molecule is CN(Cc1cc(Br)c(Cl)s1)C1COCC1C(=O)O. The summed E-state index contributed by atoms with van der Waals surface area (Å²) in [5.74, 6) is -1.25. The fraction of sp³-hybridized carbons (Fsp3) is 0.545. The second-order valence-corrected chi connectivity index (χ2v) is 6.89. The van der Waals surface area contributed by atoms with E-state index >= 15 is 0 Å². The van der Waals surface area contributed by atoms with Crippen molar-refractivity contribution in [3.63, 3.8) is 0 Å². The zero-order valence-electron chi connectivity index (χ0n) is 9.73. The quantitative estimate of drug-likeness (QED) is 0.903. The maximum absolute atomic E-state index is 11.1. The first-order chi connectivity index (χ1) is 8.49. The third-order valence-corrected chi connectivity index (χ3v) is 5.49. The van der Waals surface area contributed by atoms with E-state index in [9.17, 15) is 4.79 Å². The van der Waals surface area contributed by atoms with Crippen molar-refractivity contribution in [1.29, 1.82) is 0 Å². The van der Waals surface area contributed by atoms with Gasteiger partial charge in [0.2, 0.25) is 0 Å². The van der Waals surface area contributed by atoms with Gasteiger partial charge in [-0.15, -0.1) is 11.3 Å². The summed E-state index contributed by atoms with van der Waals surface area (Å²) in [6.07, 6.45) is 0. The number of thiophene rings is 1. The van der Waals surface area contributed by atoms with Crippen LogP contribution in [0.2, 0.25) is 4.34 Å². The van der Waals surface area contributed by atoms with E-state index in [2.05, 4.69) is 15.9 Å². The minimum Gasteiger partial charge on any atom is -0.481 e. The van der Waals surface area contributed by atoms with Crippen molar-refractivity contribution in [2.75, 3.05) is 20.3 Å². The largest absolute Gasteiger partial charge is 0.481 e. The van der Waals surface area contributed by atoms with Gasteiger partial charge in [-0.3, -0.25) is 9.69 Å². The van der Waals surface area contributed by atoms with Gasteiger partial charge >= 0.3 is 5.97 Å². The number of carbonyl (C=O) groups is 1. The molecule has 0 aliphatic carbocycles. The molecule has 2 atom stereocenters. The van der Waals surface area contributed by atoms with E-state index in [0.29, 0.717) is 19.8 Å². The standard InChI is InChI=1S/C11H13BrClNO3S/c1-14(3-6-2-8(12)10(13)18-6)9-5-17-4-7(9)11(15)16/h2,7,9H,3-5H2,1H3,(H,15,16). The van der Waals surface area contributed by atoms with Crippen LogP contribution >= 0.6 is 38.9 Å². The van der Waals surface area contributed by atoms with Crippen molar-refractivity contribution < 1.29 is 14.6 Å². The minimum absolute atomic E-state index is 0.0813. The predicted octanol–water partition coefficient (Wildman–Crippen LogP) is 2.70. The van der Waals surface area contributed by atoms with Gasteiger partial charge in [-0.2, -0.15) is 0 Å². The van der Waals surface area contributed by atoms with Crippen LogP contribution in [-0.4, -0.2) is 42.3 Å². The molecule has 0 amide bonds. The Morgan fingerprint density at radius 2 is 2.44 bits per heavy atom. The molecule has 0 bridgehead atoms. The van der Waals surface area contributed by atoms with Crippen molar-refractivity contribution in [1.82, 2.24) is 4.90 Å². The Kier molecular flexibility index (Phi) is 4.66. The number of nitrogens with zero attached hydrogens (tertiary/aromatic N) is 1. The van der Waals surface area contributed by atoms with Gasteiger partial charge in [-0.25, -0.2) is 0 Å². The molecule has 1 aliphatic rings. The number of hydrogen-bond donors (Lipinski definition) is 1. The molecule has 1 aromatic rings. The maximum Gasteiger partial charge on any atom is 0.310 e. The first kappa shape index (κ1) is 14.3. The lowest BCUT2D eigenvalue weighted by molar-refractivity contribution is -0.143. The highest BCUT2D eigenvalue weighted by atomic mass is 79.9. The van der Waals surface area contributed by atoms with Crippen molar-refractivity contribution in [3.05, 3.63) is 19.8 Å². The van der Waals surface area contributed by atoms with E-state index < -0.39 is 11.9 Å². The molecule has 0 aromatic carbocycles. The van der Waals surface area contributed by atoms with E-state index in [-0.39, 0.29) is 6.04 Å². The lowest BCUT2D eigenvalue weighted by Gasteiger charge is -2.25. The van der Waals surface area contributed by atoms with Crippen LogP contribution in [0.5, 0.6) is 0 Å². The highest BCUT2D eigenvalue weighted by molar-refractivity contribution is 9.10. The number of ether oxygens (including phenoxy) is 1. The molecule has 7 heteroatoms. The van der Waals surface area contributed by atoms with Gasteiger partial charge in [0, 0.05) is 21.9 Å². The van der Waals surface area contributed by atoms with Crippen molar-refractivity contribution in [3.8, 4) is 0 Å².